The lowest BCUT2D eigenvalue weighted by Crippen LogP contribution is -2.45. The molecule has 3 heteroatoms. The van der Waals surface area contributed by atoms with E-state index in [2.05, 4.69) is 0 Å². The van der Waals surface area contributed by atoms with Crippen molar-refractivity contribution in [1.82, 2.24) is 0 Å². The lowest BCUT2D eigenvalue weighted by Gasteiger charge is -2.40. The van der Waals surface area contributed by atoms with Crippen molar-refractivity contribution in [3.8, 4) is 0 Å². The first-order valence-electron chi connectivity index (χ1n) is 10.1. The Morgan fingerprint density at radius 3 is 1.83 bits per heavy atom. The van der Waals surface area contributed by atoms with E-state index >= 15 is 0 Å². The van der Waals surface area contributed by atoms with Crippen LogP contribution in [0.3, 0.4) is 0 Å². The van der Waals surface area contributed by atoms with Crippen LogP contribution < -0.4 is 4.90 Å². The minimum absolute atomic E-state index is 0.0360. The highest BCUT2D eigenvalue weighted by atomic mass is 16.3. The minimum atomic E-state index is -1.27. The first kappa shape index (κ1) is 19.9. The molecule has 1 unspecified atom stereocenters. The molecule has 0 amide bonds. The van der Waals surface area contributed by atoms with Crippen molar-refractivity contribution in [2.24, 2.45) is 0 Å². The van der Waals surface area contributed by atoms with Crippen LogP contribution in [0.5, 0.6) is 0 Å². The van der Waals surface area contributed by atoms with Gasteiger partial charge in [0.05, 0.1) is 0 Å². The van der Waals surface area contributed by atoms with E-state index in [0.29, 0.717) is 17.6 Å². The predicted molar refractivity (Wildman–Crippen MR) is 122 cm³/mol. The zero-order chi connectivity index (χ0) is 21.1. The summed E-state index contributed by atoms with van der Waals surface area (Å²) in [6.45, 7) is 4.08. The second kappa shape index (κ2) is 8.13. The van der Waals surface area contributed by atoms with Crippen LogP contribution in [0.1, 0.15) is 27.9 Å². The molecule has 0 fully saturated rings. The van der Waals surface area contributed by atoms with Crippen LogP contribution in [0.2, 0.25) is 0 Å². The summed E-state index contributed by atoms with van der Waals surface area (Å²) in [5.74, 6) is -0.0360. The maximum Gasteiger partial charge on any atom is 0.192 e. The van der Waals surface area contributed by atoms with E-state index in [-0.39, 0.29) is 5.78 Å². The van der Waals surface area contributed by atoms with Crippen LogP contribution in [-0.2, 0) is 0 Å². The van der Waals surface area contributed by atoms with Crippen LogP contribution in [0.25, 0.3) is 0 Å². The molecular weight excluding hydrogens is 370 g/mol. The molecule has 1 N–H and O–H groups in total. The quantitative estimate of drug-likeness (QED) is 0.432. The number of carbonyl (C=O) groups is 1. The first-order chi connectivity index (χ1) is 14.5. The molecular formula is C27H25NO2. The van der Waals surface area contributed by atoms with Gasteiger partial charge in [0, 0.05) is 28.9 Å². The number of allylic oxidation sites excluding steroid dienone is 2. The number of nitrogens with zero attached hydrogens (tertiary/aromatic N) is 1. The van der Waals surface area contributed by atoms with Gasteiger partial charge >= 0.3 is 0 Å². The molecule has 0 aliphatic heterocycles. The van der Waals surface area contributed by atoms with Crippen molar-refractivity contribution in [3.05, 3.63) is 119 Å². The van der Waals surface area contributed by atoms with E-state index in [4.69, 9.17) is 0 Å². The van der Waals surface area contributed by atoms with Crippen molar-refractivity contribution in [2.45, 2.75) is 26.0 Å². The maximum atomic E-state index is 12.8. The molecule has 0 bridgehead atoms. The molecule has 3 nitrogen and oxygen atoms in total. The molecule has 0 heterocycles. The molecule has 1 aliphatic carbocycles. The summed E-state index contributed by atoms with van der Waals surface area (Å²) in [7, 11) is 0. The second-order valence-electron chi connectivity index (χ2n) is 7.78. The third kappa shape index (κ3) is 3.98. The van der Waals surface area contributed by atoms with Gasteiger partial charge in [-0.3, -0.25) is 4.79 Å². The average Bonchev–Trinajstić information content (AvgIpc) is 2.77. The van der Waals surface area contributed by atoms with Gasteiger partial charge in [0.1, 0.15) is 0 Å². The third-order valence-electron chi connectivity index (χ3n) is 5.42. The Labute approximate surface area is 177 Å². The molecule has 0 radical (unpaired) electrons. The predicted octanol–water partition coefficient (Wildman–Crippen LogP) is 5.90. The summed E-state index contributed by atoms with van der Waals surface area (Å²) in [5, 5.41) is 11.6. The number of anilines is 2. The summed E-state index contributed by atoms with van der Waals surface area (Å²) in [5.41, 5.74) is 4.07. The smallest absolute Gasteiger partial charge is 0.192 e. The number of Topliss-reactive ketones (excluding diaryl/α,β-unsaturated/α-hetero) is 1. The molecule has 30 heavy (non-hydrogen) atoms. The van der Waals surface area contributed by atoms with E-state index in [1.54, 1.807) is 12.2 Å². The molecule has 3 aromatic carbocycles. The fourth-order valence-corrected chi connectivity index (χ4v) is 3.69. The monoisotopic (exact) mass is 395 g/mol. The van der Waals surface area contributed by atoms with Crippen molar-refractivity contribution >= 4 is 17.2 Å². The van der Waals surface area contributed by atoms with Crippen molar-refractivity contribution in [1.29, 1.82) is 0 Å². The lowest BCUT2D eigenvalue weighted by molar-refractivity contribution is 0.0969. The number of aryl methyl sites for hydroxylation is 2. The molecule has 150 valence electrons. The van der Waals surface area contributed by atoms with E-state index < -0.39 is 5.72 Å². The van der Waals surface area contributed by atoms with Crippen molar-refractivity contribution in [2.75, 3.05) is 4.90 Å². The molecule has 1 aliphatic rings. The summed E-state index contributed by atoms with van der Waals surface area (Å²) < 4.78 is 0. The topological polar surface area (TPSA) is 40.5 Å². The average molecular weight is 396 g/mol. The SMILES string of the molecule is Cc1ccc(N(c2ccc(C)cc2)C2(O)C=CC(C(=O)c3ccccc3)=CC2)cc1. The van der Waals surface area contributed by atoms with Crippen molar-refractivity contribution in [3.63, 3.8) is 0 Å². The van der Waals surface area contributed by atoms with Crippen LogP contribution in [-0.4, -0.2) is 16.6 Å². The molecule has 0 saturated carbocycles. The normalized spacial score (nSPS) is 18.0. The van der Waals surface area contributed by atoms with Gasteiger partial charge in [-0.15, -0.1) is 0 Å². The number of benzene rings is 3. The Balaban J connectivity index is 1.68. The summed E-state index contributed by atoms with van der Waals surface area (Å²) >= 11 is 0. The van der Waals surface area contributed by atoms with E-state index in [0.717, 1.165) is 22.5 Å². The fraction of sp³-hybridized carbons (Fsp3) is 0.148. The van der Waals surface area contributed by atoms with Gasteiger partial charge in [-0.05, 0) is 44.2 Å². The molecule has 0 saturated heterocycles. The number of ketones is 1. The van der Waals surface area contributed by atoms with E-state index in [9.17, 15) is 9.90 Å². The molecule has 1 atom stereocenters. The highest BCUT2D eigenvalue weighted by molar-refractivity contribution is 6.10. The first-order valence-corrected chi connectivity index (χ1v) is 10.1. The van der Waals surface area contributed by atoms with E-state index in [1.807, 2.05) is 104 Å². The van der Waals surface area contributed by atoms with Crippen LogP contribution in [0.15, 0.2) is 103 Å². The number of hydrogen-bond donors (Lipinski definition) is 1. The third-order valence-corrected chi connectivity index (χ3v) is 5.42. The van der Waals surface area contributed by atoms with Crippen LogP contribution in [0, 0.1) is 13.8 Å². The van der Waals surface area contributed by atoms with Gasteiger partial charge in [0.25, 0.3) is 0 Å². The Morgan fingerprint density at radius 1 is 0.833 bits per heavy atom. The lowest BCUT2D eigenvalue weighted by atomic mass is 9.92. The van der Waals surface area contributed by atoms with Gasteiger partial charge < -0.3 is 10.0 Å². The zero-order valence-corrected chi connectivity index (χ0v) is 17.2. The summed E-state index contributed by atoms with van der Waals surface area (Å²) in [4.78, 5) is 14.7. The molecule has 0 aromatic heterocycles. The molecule has 0 spiro atoms. The highest BCUT2D eigenvalue weighted by Crippen LogP contribution is 2.37. The van der Waals surface area contributed by atoms with Gasteiger partial charge in [0.15, 0.2) is 11.5 Å². The Morgan fingerprint density at radius 2 is 1.37 bits per heavy atom. The highest BCUT2D eigenvalue weighted by Gasteiger charge is 2.35. The summed E-state index contributed by atoms with van der Waals surface area (Å²) in [6, 6.07) is 25.4. The Kier molecular flexibility index (Phi) is 5.39. The number of aliphatic hydroxyl groups is 1. The Bertz CT molecular complexity index is 1050. The number of hydrogen-bond acceptors (Lipinski definition) is 3. The second-order valence-corrected chi connectivity index (χ2v) is 7.78. The zero-order valence-electron chi connectivity index (χ0n) is 17.2. The maximum absolute atomic E-state index is 12.8. The standard InChI is InChI=1S/C27H25NO2/c1-20-8-12-24(13-9-20)28(25-14-10-21(2)11-15-25)27(30)18-16-23(17-19-27)26(29)22-6-4-3-5-7-22/h3-18,30H,19H2,1-2H3. The Hall–Kier alpha value is -3.43. The van der Waals surface area contributed by atoms with Crippen molar-refractivity contribution < 1.29 is 9.90 Å². The molecule has 4 rings (SSSR count). The van der Waals surface area contributed by atoms with Gasteiger partial charge in [-0.2, -0.15) is 0 Å². The van der Waals surface area contributed by atoms with Gasteiger partial charge in [-0.1, -0.05) is 77.9 Å². The minimum Gasteiger partial charge on any atom is -0.367 e. The largest absolute Gasteiger partial charge is 0.367 e. The van der Waals surface area contributed by atoms with Gasteiger partial charge in [-0.25, -0.2) is 0 Å². The van der Waals surface area contributed by atoms with Crippen LogP contribution in [0.4, 0.5) is 11.4 Å². The molecule has 3 aromatic rings. The summed E-state index contributed by atoms with van der Waals surface area (Å²) in [6.07, 6.45) is 5.58. The number of carbonyl (C=O) groups excluding carboxylic acids is 1. The fourth-order valence-electron chi connectivity index (χ4n) is 3.69. The van der Waals surface area contributed by atoms with Crippen LogP contribution >= 0.6 is 0 Å². The van der Waals surface area contributed by atoms with E-state index in [1.165, 1.54) is 0 Å². The van der Waals surface area contributed by atoms with Gasteiger partial charge in [0.2, 0.25) is 0 Å². The number of rotatable bonds is 5.